The molecule has 0 bridgehead atoms. The number of carbonyl (C=O) groups excluding carboxylic acids is 1. The minimum Gasteiger partial charge on any atom is -0.542 e. The molecule has 100 valence electrons. The first kappa shape index (κ1) is 17.9. The van der Waals surface area contributed by atoms with E-state index < -0.39 is 40.0 Å². The maximum atomic E-state index is 13.1. The molecule has 0 aliphatic rings. The van der Waals surface area contributed by atoms with Crippen LogP contribution >= 0.6 is 0 Å². The van der Waals surface area contributed by atoms with Crippen LogP contribution in [0.1, 0.15) is 22.0 Å². The predicted molar refractivity (Wildman–Crippen MR) is 42.2 cm³/mol. The predicted octanol–water partition coefficient (Wildman–Crippen LogP) is -2.89. The SMILES string of the molecule is N#Cc1nc(C(=O)[O-])n(C(F)(F)C(F)(F)F)c1C#N.[Li+]. The Bertz CT molecular complexity index is 625. The van der Waals surface area contributed by atoms with Gasteiger partial charge in [-0.1, -0.05) is 0 Å². The summed E-state index contributed by atoms with van der Waals surface area (Å²) in [6.45, 7) is 0. The van der Waals surface area contributed by atoms with Crippen molar-refractivity contribution in [1.29, 1.82) is 10.5 Å². The Hall–Kier alpha value is -2.09. The molecule has 1 aromatic heterocycles. The number of rotatable bonds is 2. The van der Waals surface area contributed by atoms with Crippen molar-refractivity contribution in [3.63, 3.8) is 0 Å². The van der Waals surface area contributed by atoms with Crippen LogP contribution in [-0.2, 0) is 6.05 Å². The Labute approximate surface area is 119 Å². The second-order valence-electron chi connectivity index (χ2n) is 3.02. The molecule has 0 aliphatic carbocycles. The fourth-order valence-corrected chi connectivity index (χ4v) is 1.14. The number of carboxylic acids is 1. The largest absolute Gasteiger partial charge is 1.00 e. The van der Waals surface area contributed by atoms with Crippen LogP contribution < -0.4 is 24.0 Å². The first-order valence-corrected chi connectivity index (χ1v) is 4.17. The third-order valence-corrected chi connectivity index (χ3v) is 1.89. The molecule has 20 heavy (non-hydrogen) atoms. The fraction of sp³-hybridized carbons (Fsp3) is 0.250. The quantitative estimate of drug-likeness (QED) is 0.428. The van der Waals surface area contributed by atoms with E-state index in [1.165, 1.54) is 0 Å². The summed E-state index contributed by atoms with van der Waals surface area (Å²) in [5.41, 5.74) is -2.70. The Morgan fingerprint density at radius 3 is 2.00 bits per heavy atom. The van der Waals surface area contributed by atoms with Crippen LogP contribution in [0.5, 0.6) is 0 Å². The van der Waals surface area contributed by atoms with Gasteiger partial charge in [-0.15, -0.1) is 0 Å². The fourth-order valence-electron chi connectivity index (χ4n) is 1.14. The third kappa shape index (κ3) is 2.60. The molecular weight excluding hydrogens is 286 g/mol. The first-order chi connectivity index (χ1) is 8.57. The maximum absolute atomic E-state index is 13.1. The van der Waals surface area contributed by atoms with Crippen LogP contribution in [0.4, 0.5) is 22.0 Å². The van der Waals surface area contributed by atoms with E-state index in [4.69, 9.17) is 10.5 Å². The van der Waals surface area contributed by atoms with Crippen LogP contribution in [0, 0.1) is 22.7 Å². The molecule has 0 N–H and O–H groups in total. The molecular formula is C8F5LiN4O2. The number of alkyl halides is 5. The molecule has 0 unspecified atom stereocenters. The van der Waals surface area contributed by atoms with E-state index in [2.05, 4.69) is 4.98 Å². The minimum atomic E-state index is -6.18. The molecule has 0 spiro atoms. The molecule has 1 aromatic rings. The standard InChI is InChI=1S/C8HF5N4O2.Li/c9-7(10,11)8(12,13)17-4(2-15)3(1-14)16-5(17)6(18)19;/h(H,18,19);/q;+1/p-1. The molecule has 6 nitrogen and oxygen atoms in total. The van der Waals surface area contributed by atoms with Crippen molar-refractivity contribution in [2.45, 2.75) is 12.2 Å². The van der Waals surface area contributed by atoms with E-state index in [-0.39, 0.29) is 18.9 Å². The van der Waals surface area contributed by atoms with Gasteiger partial charge >= 0.3 is 31.1 Å². The average molecular weight is 286 g/mol. The van der Waals surface area contributed by atoms with Crippen LogP contribution in [0.25, 0.3) is 0 Å². The molecule has 0 aromatic carbocycles. The van der Waals surface area contributed by atoms with E-state index in [1.807, 2.05) is 0 Å². The second kappa shape index (κ2) is 5.49. The van der Waals surface area contributed by atoms with Gasteiger partial charge < -0.3 is 9.90 Å². The zero-order valence-corrected chi connectivity index (χ0v) is 9.50. The molecule has 0 aliphatic heterocycles. The molecule has 0 amide bonds. The molecule has 12 heteroatoms. The molecule has 0 fully saturated rings. The third-order valence-electron chi connectivity index (χ3n) is 1.89. The van der Waals surface area contributed by atoms with E-state index in [9.17, 15) is 31.9 Å². The summed E-state index contributed by atoms with van der Waals surface area (Å²) in [6.07, 6.45) is -6.18. The summed E-state index contributed by atoms with van der Waals surface area (Å²) in [7, 11) is 0. The molecule has 0 radical (unpaired) electrons. The topological polar surface area (TPSA) is 106 Å². The van der Waals surface area contributed by atoms with Gasteiger partial charge in [0.1, 0.15) is 18.1 Å². The van der Waals surface area contributed by atoms with Crippen molar-refractivity contribution in [3.8, 4) is 12.1 Å². The van der Waals surface area contributed by atoms with Crippen LogP contribution in [0.2, 0.25) is 0 Å². The van der Waals surface area contributed by atoms with Gasteiger partial charge in [0.2, 0.25) is 0 Å². The number of halogens is 5. The normalized spacial score (nSPS) is 11.2. The van der Waals surface area contributed by atoms with Gasteiger partial charge in [0.05, 0.1) is 0 Å². The summed E-state index contributed by atoms with van der Waals surface area (Å²) in [5.74, 6) is -4.35. The summed E-state index contributed by atoms with van der Waals surface area (Å²) >= 11 is 0. The minimum absolute atomic E-state index is 0. The van der Waals surface area contributed by atoms with Crippen LogP contribution in [0.15, 0.2) is 0 Å². The summed E-state index contributed by atoms with van der Waals surface area (Å²) in [4.78, 5) is 13.2. The Kier molecular flexibility index (Phi) is 4.92. The number of imidazole rings is 1. The number of aromatic carboxylic acids is 1. The van der Waals surface area contributed by atoms with Crippen molar-refractivity contribution in [2.24, 2.45) is 0 Å². The molecule has 0 saturated carbocycles. The molecule has 1 rings (SSSR count). The summed E-state index contributed by atoms with van der Waals surface area (Å²) < 4.78 is 61.6. The van der Waals surface area contributed by atoms with E-state index >= 15 is 0 Å². The van der Waals surface area contributed by atoms with Crippen LogP contribution in [-0.4, -0.2) is 21.7 Å². The van der Waals surface area contributed by atoms with Crippen LogP contribution in [0.3, 0.4) is 0 Å². The van der Waals surface area contributed by atoms with E-state index in [1.54, 1.807) is 0 Å². The maximum Gasteiger partial charge on any atom is 1.00 e. The van der Waals surface area contributed by atoms with Gasteiger partial charge in [-0.3, -0.25) is 0 Å². The van der Waals surface area contributed by atoms with Gasteiger partial charge in [-0.25, -0.2) is 9.55 Å². The number of carbonyl (C=O) groups is 1. The Balaban J connectivity index is 0.00000361. The van der Waals surface area contributed by atoms with Crippen molar-refractivity contribution in [2.75, 3.05) is 0 Å². The Morgan fingerprint density at radius 1 is 1.20 bits per heavy atom. The zero-order chi connectivity index (χ0) is 15.0. The monoisotopic (exact) mass is 286 g/mol. The van der Waals surface area contributed by atoms with E-state index in [0.29, 0.717) is 0 Å². The molecule has 0 saturated heterocycles. The number of hydrogen-bond donors (Lipinski definition) is 0. The van der Waals surface area contributed by atoms with Gasteiger partial charge in [-0.2, -0.15) is 32.5 Å². The van der Waals surface area contributed by atoms with Gasteiger partial charge in [0.25, 0.3) is 0 Å². The second-order valence-corrected chi connectivity index (χ2v) is 3.02. The van der Waals surface area contributed by atoms with Crippen molar-refractivity contribution < 1.29 is 50.7 Å². The first-order valence-electron chi connectivity index (χ1n) is 4.17. The Morgan fingerprint density at radius 2 is 1.70 bits per heavy atom. The van der Waals surface area contributed by atoms with E-state index in [0.717, 1.165) is 12.1 Å². The average Bonchev–Trinajstić information content (AvgIpc) is 2.66. The summed E-state index contributed by atoms with van der Waals surface area (Å²) in [6, 6.07) is -3.81. The smallest absolute Gasteiger partial charge is 0.542 e. The number of nitrogens with zero attached hydrogens (tertiary/aromatic N) is 4. The van der Waals surface area contributed by atoms with Crippen molar-refractivity contribution >= 4 is 5.97 Å². The number of hydrogen-bond acceptors (Lipinski definition) is 5. The summed E-state index contributed by atoms with van der Waals surface area (Å²) in [5, 5.41) is 27.4. The zero-order valence-electron chi connectivity index (χ0n) is 9.50. The number of nitriles is 2. The molecule has 0 atom stereocenters. The van der Waals surface area contributed by atoms with Crippen molar-refractivity contribution in [3.05, 3.63) is 17.2 Å². The van der Waals surface area contributed by atoms with Gasteiger partial charge in [0.15, 0.2) is 17.2 Å². The number of aromatic nitrogens is 2. The molecule has 1 heterocycles. The van der Waals surface area contributed by atoms with Crippen molar-refractivity contribution in [1.82, 2.24) is 9.55 Å². The number of carboxylic acid groups (broad SMARTS) is 1. The van der Waals surface area contributed by atoms with Gasteiger partial charge in [-0.05, 0) is 0 Å². The van der Waals surface area contributed by atoms with Gasteiger partial charge in [0, 0.05) is 0 Å².